The first kappa shape index (κ1) is 27.1. The molecule has 0 unspecified atom stereocenters. The van der Waals surface area contributed by atoms with Crippen LogP contribution in [0, 0.1) is 0 Å². The van der Waals surface area contributed by atoms with Crippen LogP contribution in [0.5, 0.6) is 5.75 Å². The second kappa shape index (κ2) is 10.8. The van der Waals surface area contributed by atoms with Gasteiger partial charge < -0.3 is 14.3 Å². The summed E-state index contributed by atoms with van der Waals surface area (Å²) in [4.78, 5) is 16.8. The van der Waals surface area contributed by atoms with Crippen molar-refractivity contribution in [3.05, 3.63) is 77.4 Å². The first-order valence-corrected chi connectivity index (χ1v) is 11.6. The molecule has 0 spiro atoms. The first-order valence-electron chi connectivity index (χ1n) is 11.6. The van der Waals surface area contributed by atoms with Gasteiger partial charge in [-0.25, -0.2) is 9.78 Å². The summed E-state index contributed by atoms with van der Waals surface area (Å²) in [6.45, 7) is 0.224. The average molecular weight is 540 g/mol. The van der Waals surface area contributed by atoms with Crippen molar-refractivity contribution in [1.82, 2.24) is 9.88 Å². The van der Waals surface area contributed by atoms with E-state index in [4.69, 9.17) is 9.15 Å². The lowest BCUT2D eigenvalue weighted by Gasteiger charge is -2.18. The second-order valence-corrected chi connectivity index (χ2v) is 8.57. The molecule has 1 aliphatic rings. The van der Waals surface area contributed by atoms with Crippen LogP contribution in [0.3, 0.4) is 0 Å². The molecule has 4 rings (SSSR count). The van der Waals surface area contributed by atoms with Gasteiger partial charge in [0.05, 0.1) is 17.7 Å². The molecule has 2 aromatic carbocycles. The number of halogens is 6. The van der Waals surface area contributed by atoms with Crippen LogP contribution in [0.1, 0.15) is 47.9 Å². The number of carboxylic acid groups (broad SMARTS) is 1. The molecule has 0 saturated carbocycles. The van der Waals surface area contributed by atoms with Crippen molar-refractivity contribution in [3.63, 3.8) is 0 Å². The summed E-state index contributed by atoms with van der Waals surface area (Å²) in [7, 11) is 0. The largest absolute Gasteiger partial charge is 0.493 e. The van der Waals surface area contributed by atoms with Crippen LogP contribution in [0.4, 0.5) is 31.1 Å². The third-order valence-electron chi connectivity index (χ3n) is 5.98. The molecule has 1 N–H and O–H groups in total. The average Bonchev–Trinajstić information content (AvgIpc) is 3.53. The number of alkyl halides is 6. The zero-order chi connectivity index (χ0) is 27.5. The summed E-state index contributed by atoms with van der Waals surface area (Å²) in [5.41, 5.74) is -1.02. The minimum absolute atomic E-state index is 0.0969. The number of hydrogen-bond donors (Lipinski definition) is 1. The molecule has 1 atom stereocenters. The molecule has 3 aromatic rings. The second-order valence-electron chi connectivity index (χ2n) is 8.57. The summed E-state index contributed by atoms with van der Waals surface area (Å²) >= 11 is 0. The normalized spacial score (nSPS) is 16.4. The van der Waals surface area contributed by atoms with Crippen LogP contribution in [0.2, 0.25) is 0 Å². The van der Waals surface area contributed by atoms with Crippen molar-refractivity contribution in [2.45, 2.75) is 37.7 Å². The summed E-state index contributed by atoms with van der Waals surface area (Å²) < 4.78 is 89.9. The van der Waals surface area contributed by atoms with Crippen molar-refractivity contribution < 1.29 is 45.4 Å². The molecule has 1 saturated heterocycles. The Morgan fingerprint density at radius 1 is 1.11 bits per heavy atom. The smallest absolute Gasteiger partial charge is 0.419 e. The number of rotatable bonds is 7. The van der Waals surface area contributed by atoms with Crippen LogP contribution in [-0.2, 0) is 12.4 Å². The van der Waals surface area contributed by atoms with Gasteiger partial charge in [0, 0.05) is 12.1 Å². The summed E-state index contributed by atoms with van der Waals surface area (Å²) in [5.74, 6) is -0.269. The van der Waals surface area contributed by atoms with Crippen molar-refractivity contribution in [2.75, 3.05) is 13.2 Å². The summed E-state index contributed by atoms with van der Waals surface area (Å²) in [6.07, 6.45) is -4.61. The minimum Gasteiger partial charge on any atom is -0.493 e. The van der Waals surface area contributed by atoms with Crippen LogP contribution in [0.25, 0.3) is 17.3 Å². The quantitative estimate of drug-likeness (QED) is 0.246. The molecule has 1 amide bonds. The molecule has 6 nitrogen and oxygen atoms in total. The Morgan fingerprint density at radius 2 is 1.84 bits per heavy atom. The van der Waals surface area contributed by atoms with E-state index in [1.807, 2.05) is 0 Å². The number of carbonyl (C=O) groups is 1. The Hall–Kier alpha value is -3.96. The lowest BCUT2D eigenvalue weighted by molar-refractivity contribution is -0.139. The topological polar surface area (TPSA) is 75.8 Å². The lowest BCUT2D eigenvalue weighted by Crippen LogP contribution is -2.28. The molecule has 0 radical (unpaired) electrons. The highest BCUT2D eigenvalue weighted by molar-refractivity contribution is 5.66. The molecule has 38 heavy (non-hydrogen) atoms. The lowest BCUT2D eigenvalue weighted by atomic mass is 10.1. The highest BCUT2D eigenvalue weighted by Crippen LogP contribution is 2.39. The van der Waals surface area contributed by atoms with Crippen LogP contribution in [0.15, 0.2) is 59.2 Å². The van der Waals surface area contributed by atoms with Crippen LogP contribution >= 0.6 is 0 Å². The van der Waals surface area contributed by atoms with E-state index in [0.717, 1.165) is 18.2 Å². The van der Waals surface area contributed by atoms with E-state index in [9.17, 15) is 36.2 Å². The van der Waals surface area contributed by atoms with E-state index in [2.05, 4.69) is 4.98 Å². The van der Waals surface area contributed by atoms with Crippen LogP contribution < -0.4 is 4.74 Å². The van der Waals surface area contributed by atoms with Crippen molar-refractivity contribution >= 4 is 12.2 Å². The molecule has 1 aliphatic heterocycles. The van der Waals surface area contributed by atoms with Gasteiger partial charge in [0.1, 0.15) is 23.7 Å². The van der Waals surface area contributed by atoms with E-state index < -0.39 is 35.6 Å². The highest BCUT2D eigenvalue weighted by atomic mass is 19.4. The number of ether oxygens (including phenoxy) is 1. The zero-order valence-corrected chi connectivity index (χ0v) is 19.7. The molecule has 1 aromatic heterocycles. The summed E-state index contributed by atoms with van der Waals surface area (Å²) in [5, 5.41) is 9.30. The number of benzene rings is 2. The van der Waals surface area contributed by atoms with Gasteiger partial charge in [-0.3, -0.25) is 4.90 Å². The Morgan fingerprint density at radius 3 is 2.50 bits per heavy atom. The number of nitrogens with zero attached hydrogens (tertiary/aromatic N) is 2. The number of hydrogen-bond acceptors (Lipinski definition) is 4. The van der Waals surface area contributed by atoms with Gasteiger partial charge in [0.25, 0.3) is 0 Å². The molecule has 202 valence electrons. The summed E-state index contributed by atoms with van der Waals surface area (Å²) in [6, 6.07) is 7.34. The van der Waals surface area contributed by atoms with Gasteiger partial charge in [-0.2, -0.15) is 26.3 Å². The maximum Gasteiger partial charge on any atom is 0.419 e. The monoisotopic (exact) mass is 540 g/mol. The molecule has 12 heteroatoms. The number of oxazole rings is 1. The van der Waals surface area contributed by atoms with E-state index in [0.29, 0.717) is 24.9 Å². The standard InChI is InChI=1S/C26H22F6N2O4/c27-25(28,29)18-9-6-16(7-10-18)4-1-2-13-37-22-11-8-17(14-19(22)26(30,31)32)20-15-38-23(33-20)21-5-3-12-34(21)24(35)36/h1,4,6-11,14-15,21H,2-3,5,12-13H2,(H,35,36)/t21-/m0/s1. The molecule has 0 aliphatic carbocycles. The molecular weight excluding hydrogens is 518 g/mol. The van der Waals surface area contributed by atoms with E-state index in [1.165, 1.54) is 35.4 Å². The van der Waals surface area contributed by atoms with Gasteiger partial charge in [-0.15, -0.1) is 0 Å². The SMILES string of the molecule is O=C(O)N1CCC[C@H]1c1nc(-c2ccc(OCCC=Cc3ccc(C(F)(F)F)cc3)c(C(F)(F)F)c2)co1. The van der Waals surface area contributed by atoms with Crippen LogP contribution in [-0.4, -0.2) is 34.2 Å². The first-order chi connectivity index (χ1) is 17.9. The Labute approximate surface area is 213 Å². The molecule has 0 bridgehead atoms. The fraction of sp³-hybridized carbons (Fsp3) is 0.308. The van der Waals surface area contributed by atoms with Gasteiger partial charge in [0.15, 0.2) is 0 Å². The maximum absolute atomic E-state index is 13.8. The Bertz CT molecular complexity index is 1300. The van der Waals surface area contributed by atoms with Crippen molar-refractivity contribution in [2.24, 2.45) is 0 Å². The maximum atomic E-state index is 13.8. The van der Waals surface area contributed by atoms with Gasteiger partial charge in [0.2, 0.25) is 5.89 Å². The van der Waals surface area contributed by atoms with Crippen molar-refractivity contribution in [1.29, 1.82) is 0 Å². The third kappa shape index (κ3) is 6.29. The van der Waals surface area contributed by atoms with Crippen molar-refractivity contribution in [3.8, 4) is 17.0 Å². The molecular formula is C26H22F6N2O4. The third-order valence-corrected chi connectivity index (χ3v) is 5.98. The predicted octanol–water partition coefficient (Wildman–Crippen LogP) is 7.68. The fourth-order valence-electron chi connectivity index (χ4n) is 4.10. The molecule has 2 heterocycles. The number of likely N-dealkylation sites (tertiary alicyclic amines) is 1. The van der Waals surface area contributed by atoms with Gasteiger partial charge in [-0.1, -0.05) is 24.3 Å². The number of aromatic nitrogens is 1. The Balaban J connectivity index is 1.42. The highest BCUT2D eigenvalue weighted by Gasteiger charge is 2.36. The van der Waals surface area contributed by atoms with E-state index in [-0.39, 0.29) is 35.9 Å². The van der Waals surface area contributed by atoms with Gasteiger partial charge >= 0.3 is 18.4 Å². The predicted molar refractivity (Wildman–Crippen MR) is 124 cm³/mol. The number of amides is 1. The van der Waals surface area contributed by atoms with E-state index in [1.54, 1.807) is 12.2 Å². The Kier molecular flexibility index (Phi) is 7.70. The minimum atomic E-state index is -4.72. The zero-order valence-electron chi connectivity index (χ0n) is 19.7. The van der Waals surface area contributed by atoms with E-state index >= 15 is 0 Å². The fourth-order valence-corrected chi connectivity index (χ4v) is 4.10. The van der Waals surface area contributed by atoms with Gasteiger partial charge in [-0.05, 0) is 55.2 Å². The molecule has 1 fully saturated rings.